The van der Waals surface area contributed by atoms with Gasteiger partial charge in [0.2, 0.25) is 0 Å². The minimum absolute atomic E-state index is 0.758. The van der Waals surface area contributed by atoms with Crippen molar-refractivity contribution in [3.63, 3.8) is 0 Å². The molecule has 1 aromatic carbocycles. The highest BCUT2D eigenvalue weighted by Crippen LogP contribution is 2.41. The van der Waals surface area contributed by atoms with Gasteiger partial charge in [0.25, 0.3) is 0 Å². The third-order valence-corrected chi connectivity index (χ3v) is 9.14. The number of hydrogen-bond donors (Lipinski definition) is 0. The van der Waals surface area contributed by atoms with Gasteiger partial charge >= 0.3 is 0 Å². The standard InChI is InChI=1S/C32H46/c1-3-6-26-11-19-31(20-12-26)32-23-15-28(16-24-32)8-5-4-7-27-13-21-30(22-14-27)29-17-9-25(2)10-18-29/h4,7,15-16,23-27,29-31H,3,6,9-14,17-22H2,1-2H3. The van der Waals surface area contributed by atoms with E-state index in [0.717, 1.165) is 41.1 Å². The Morgan fingerprint density at radius 3 is 2.03 bits per heavy atom. The minimum atomic E-state index is 0.758. The van der Waals surface area contributed by atoms with E-state index >= 15 is 0 Å². The molecular formula is C32H46. The zero-order valence-electron chi connectivity index (χ0n) is 20.8. The van der Waals surface area contributed by atoms with Gasteiger partial charge in [-0.3, -0.25) is 0 Å². The van der Waals surface area contributed by atoms with Gasteiger partial charge in [-0.25, -0.2) is 0 Å². The second-order valence-corrected chi connectivity index (χ2v) is 11.5. The zero-order chi connectivity index (χ0) is 22.2. The summed E-state index contributed by atoms with van der Waals surface area (Å²) in [5.41, 5.74) is 2.69. The molecule has 0 heteroatoms. The minimum Gasteiger partial charge on any atom is -0.0730 e. The maximum Gasteiger partial charge on any atom is 0.0249 e. The molecule has 3 aliphatic rings. The molecule has 3 fully saturated rings. The van der Waals surface area contributed by atoms with E-state index < -0.39 is 0 Å². The van der Waals surface area contributed by atoms with Crippen LogP contribution in [0.2, 0.25) is 0 Å². The number of benzene rings is 1. The van der Waals surface area contributed by atoms with Gasteiger partial charge in [0, 0.05) is 5.56 Å². The van der Waals surface area contributed by atoms with E-state index in [9.17, 15) is 0 Å². The molecule has 0 unspecified atom stereocenters. The molecule has 0 aliphatic heterocycles. The molecule has 0 saturated heterocycles. The SMILES string of the molecule is CCCC1CCC(c2ccc(C#CC=CC3CCC(C4CCC(C)CC4)CC3)cc2)CC1. The van der Waals surface area contributed by atoms with Gasteiger partial charge in [0.05, 0.1) is 0 Å². The molecule has 0 N–H and O–H groups in total. The predicted molar refractivity (Wildman–Crippen MR) is 139 cm³/mol. The van der Waals surface area contributed by atoms with Crippen molar-refractivity contribution >= 4 is 0 Å². The third-order valence-electron chi connectivity index (χ3n) is 9.14. The molecule has 3 saturated carbocycles. The highest BCUT2D eigenvalue weighted by atomic mass is 14.3. The monoisotopic (exact) mass is 430 g/mol. The lowest BCUT2D eigenvalue weighted by Crippen LogP contribution is -2.24. The van der Waals surface area contributed by atoms with E-state index in [1.54, 1.807) is 0 Å². The van der Waals surface area contributed by atoms with Crippen molar-refractivity contribution < 1.29 is 0 Å². The lowest BCUT2D eigenvalue weighted by atomic mass is 9.69. The first-order valence-electron chi connectivity index (χ1n) is 14.0. The molecule has 0 spiro atoms. The molecule has 0 heterocycles. The molecule has 0 radical (unpaired) electrons. The fraction of sp³-hybridized carbons (Fsp3) is 0.688. The van der Waals surface area contributed by atoms with Gasteiger partial charge in [0.1, 0.15) is 0 Å². The van der Waals surface area contributed by atoms with Crippen molar-refractivity contribution in [2.75, 3.05) is 0 Å². The smallest absolute Gasteiger partial charge is 0.0249 e. The van der Waals surface area contributed by atoms with Gasteiger partial charge in [-0.2, -0.15) is 0 Å². The molecule has 174 valence electrons. The largest absolute Gasteiger partial charge is 0.0730 e. The van der Waals surface area contributed by atoms with Crippen LogP contribution in [-0.2, 0) is 0 Å². The maximum atomic E-state index is 3.37. The number of allylic oxidation sites excluding steroid dienone is 2. The van der Waals surface area contributed by atoms with Crippen LogP contribution in [0.25, 0.3) is 0 Å². The summed E-state index contributed by atoms with van der Waals surface area (Å²) in [6.07, 6.45) is 24.5. The van der Waals surface area contributed by atoms with Crippen LogP contribution in [-0.4, -0.2) is 0 Å². The average molecular weight is 431 g/mol. The second kappa shape index (κ2) is 12.1. The lowest BCUT2D eigenvalue weighted by molar-refractivity contribution is 0.160. The van der Waals surface area contributed by atoms with E-state index in [1.165, 1.54) is 95.5 Å². The summed E-state index contributed by atoms with van der Waals surface area (Å²) in [7, 11) is 0. The van der Waals surface area contributed by atoms with Crippen LogP contribution in [0, 0.1) is 41.4 Å². The quantitative estimate of drug-likeness (QED) is 0.408. The molecule has 32 heavy (non-hydrogen) atoms. The van der Waals surface area contributed by atoms with Crippen molar-refractivity contribution in [3.05, 3.63) is 47.5 Å². The first-order chi connectivity index (χ1) is 15.7. The normalized spacial score (nSPS) is 33.6. The van der Waals surface area contributed by atoms with E-state index in [1.807, 2.05) is 0 Å². The molecule has 0 aromatic heterocycles. The van der Waals surface area contributed by atoms with Crippen LogP contribution in [0.4, 0.5) is 0 Å². The first-order valence-corrected chi connectivity index (χ1v) is 14.0. The van der Waals surface area contributed by atoms with Crippen molar-refractivity contribution in [3.8, 4) is 11.8 Å². The molecule has 0 bridgehead atoms. The Morgan fingerprint density at radius 2 is 1.41 bits per heavy atom. The number of hydrogen-bond acceptors (Lipinski definition) is 0. The molecule has 0 amide bonds. The summed E-state index contributed by atoms with van der Waals surface area (Å²) in [6, 6.07) is 9.16. The fourth-order valence-corrected chi connectivity index (χ4v) is 6.91. The first kappa shape index (κ1) is 23.7. The van der Waals surface area contributed by atoms with E-state index in [4.69, 9.17) is 0 Å². The van der Waals surface area contributed by atoms with E-state index in [0.29, 0.717) is 0 Å². The van der Waals surface area contributed by atoms with Crippen LogP contribution in [0.1, 0.15) is 121 Å². The van der Waals surface area contributed by atoms with Gasteiger partial charge in [-0.1, -0.05) is 69.6 Å². The molecule has 0 atom stereocenters. The van der Waals surface area contributed by atoms with Crippen LogP contribution in [0.15, 0.2) is 36.4 Å². The van der Waals surface area contributed by atoms with Gasteiger partial charge in [0.15, 0.2) is 0 Å². The summed E-state index contributed by atoms with van der Waals surface area (Å²) in [6.45, 7) is 4.76. The summed E-state index contributed by atoms with van der Waals surface area (Å²) < 4.78 is 0. The molecule has 4 rings (SSSR count). The summed E-state index contributed by atoms with van der Waals surface area (Å²) >= 11 is 0. The highest BCUT2D eigenvalue weighted by molar-refractivity contribution is 5.39. The van der Waals surface area contributed by atoms with Crippen LogP contribution >= 0.6 is 0 Å². The van der Waals surface area contributed by atoms with Crippen molar-refractivity contribution in [2.45, 2.75) is 110 Å². The molecule has 0 nitrogen and oxygen atoms in total. The Hall–Kier alpha value is -1.48. The van der Waals surface area contributed by atoms with Crippen molar-refractivity contribution in [1.29, 1.82) is 0 Å². The van der Waals surface area contributed by atoms with Gasteiger partial charge in [-0.05, 0) is 123 Å². The molecule has 1 aromatic rings. The maximum absolute atomic E-state index is 3.37. The van der Waals surface area contributed by atoms with E-state index in [-0.39, 0.29) is 0 Å². The van der Waals surface area contributed by atoms with Crippen molar-refractivity contribution in [1.82, 2.24) is 0 Å². The Morgan fingerprint density at radius 1 is 0.781 bits per heavy atom. The molecular weight excluding hydrogens is 384 g/mol. The van der Waals surface area contributed by atoms with Crippen molar-refractivity contribution in [2.24, 2.45) is 29.6 Å². The summed E-state index contributed by atoms with van der Waals surface area (Å²) in [5, 5.41) is 0. The average Bonchev–Trinajstić information content (AvgIpc) is 2.84. The van der Waals surface area contributed by atoms with Gasteiger partial charge in [-0.15, -0.1) is 0 Å². The predicted octanol–water partition coefficient (Wildman–Crippen LogP) is 9.30. The van der Waals surface area contributed by atoms with E-state index in [2.05, 4.69) is 62.1 Å². The summed E-state index contributed by atoms with van der Waals surface area (Å²) in [4.78, 5) is 0. The Labute approximate surface area is 198 Å². The fourth-order valence-electron chi connectivity index (χ4n) is 6.91. The summed E-state index contributed by atoms with van der Waals surface area (Å²) in [5.74, 6) is 12.2. The molecule has 3 aliphatic carbocycles. The Balaban J connectivity index is 1.19. The second-order valence-electron chi connectivity index (χ2n) is 11.5. The topological polar surface area (TPSA) is 0 Å². The van der Waals surface area contributed by atoms with Gasteiger partial charge < -0.3 is 0 Å². The third kappa shape index (κ3) is 6.76. The lowest BCUT2D eigenvalue weighted by Gasteiger charge is -2.36. The Bertz CT molecular complexity index is 748. The van der Waals surface area contributed by atoms with Crippen LogP contribution in [0.3, 0.4) is 0 Å². The Kier molecular flexibility index (Phi) is 8.96. The van der Waals surface area contributed by atoms with Crippen LogP contribution < -0.4 is 0 Å². The zero-order valence-corrected chi connectivity index (χ0v) is 20.8. The number of rotatable bonds is 5. The highest BCUT2D eigenvalue weighted by Gasteiger charge is 2.29. The van der Waals surface area contributed by atoms with Crippen LogP contribution in [0.5, 0.6) is 0 Å².